The van der Waals surface area contributed by atoms with Crippen molar-refractivity contribution in [1.29, 1.82) is 0 Å². The van der Waals surface area contributed by atoms with Crippen molar-refractivity contribution in [1.82, 2.24) is 10.2 Å². The minimum Gasteiger partial charge on any atom is -0.359 e. The molecule has 0 radical (unpaired) electrons. The molecule has 1 atom stereocenters. The zero-order valence-corrected chi connectivity index (χ0v) is 8.68. The van der Waals surface area contributed by atoms with Crippen LogP contribution in [0.25, 0.3) is 0 Å². The van der Waals surface area contributed by atoms with E-state index in [1.54, 1.807) is 7.05 Å². The molecule has 0 aliphatic carbocycles. The molecule has 1 rings (SSSR count). The standard InChI is InChI=1S/C10H20N2O/c1-9(10(13)11-2)8-12-6-4-3-5-7-12/h9H,3-8H2,1-2H3,(H,11,13). The van der Waals surface area contributed by atoms with Gasteiger partial charge in [-0.05, 0) is 25.9 Å². The maximum Gasteiger partial charge on any atom is 0.223 e. The third kappa shape index (κ3) is 3.35. The topological polar surface area (TPSA) is 32.3 Å². The summed E-state index contributed by atoms with van der Waals surface area (Å²) in [4.78, 5) is 13.6. The van der Waals surface area contributed by atoms with Crippen molar-refractivity contribution >= 4 is 5.91 Å². The van der Waals surface area contributed by atoms with Crippen molar-refractivity contribution in [2.45, 2.75) is 26.2 Å². The third-order valence-corrected chi connectivity index (χ3v) is 2.67. The van der Waals surface area contributed by atoms with E-state index < -0.39 is 0 Å². The van der Waals surface area contributed by atoms with E-state index in [1.807, 2.05) is 6.92 Å². The highest BCUT2D eigenvalue weighted by Crippen LogP contribution is 2.10. The second kappa shape index (κ2) is 5.22. The first-order valence-corrected chi connectivity index (χ1v) is 5.18. The van der Waals surface area contributed by atoms with Crippen LogP contribution in [0.1, 0.15) is 26.2 Å². The van der Waals surface area contributed by atoms with E-state index in [2.05, 4.69) is 10.2 Å². The van der Waals surface area contributed by atoms with Crippen molar-refractivity contribution in [3.05, 3.63) is 0 Å². The number of piperidine rings is 1. The Morgan fingerprint density at radius 2 is 2.00 bits per heavy atom. The van der Waals surface area contributed by atoms with E-state index in [0.29, 0.717) is 0 Å². The molecule has 1 N–H and O–H groups in total. The Hall–Kier alpha value is -0.570. The fourth-order valence-electron chi connectivity index (χ4n) is 1.86. The van der Waals surface area contributed by atoms with Gasteiger partial charge in [0.2, 0.25) is 5.91 Å². The van der Waals surface area contributed by atoms with E-state index in [4.69, 9.17) is 0 Å². The van der Waals surface area contributed by atoms with Gasteiger partial charge < -0.3 is 10.2 Å². The highest BCUT2D eigenvalue weighted by atomic mass is 16.1. The Balaban J connectivity index is 2.25. The van der Waals surface area contributed by atoms with Crippen molar-refractivity contribution in [3.63, 3.8) is 0 Å². The minimum absolute atomic E-state index is 0.128. The van der Waals surface area contributed by atoms with E-state index in [0.717, 1.165) is 6.54 Å². The summed E-state index contributed by atoms with van der Waals surface area (Å²) in [6.45, 7) is 5.25. The van der Waals surface area contributed by atoms with Crippen LogP contribution in [0.5, 0.6) is 0 Å². The fraction of sp³-hybridized carbons (Fsp3) is 0.900. The fourth-order valence-corrected chi connectivity index (χ4v) is 1.86. The van der Waals surface area contributed by atoms with Crippen LogP contribution < -0.4 is 5.32 Å². The lowest BCUT2D eigenvalue weighted by Gasteiger charge is -2.28. The second-order valence-electron chi connectivity index (χ2n) is 3.88. The van der Waals surface area contributed by atoms with Gasteiger partial charge in [-0.25, -0.2) is 0 Å². The highest BCUT2D eigenvalue weighted by molar-refractivity contribution is 5.78. The Morgan fingerprint density at radius 1 is 1.38 bits per heavy atom. The van der Waals surface area contributed by atoms with Crippen molar-refractivity contribution < 1.29 is 4.79 Å². The summed E-state index contributed by atoms with van der Waals surface area (Å²) in [6, 6.07) is 0. The van der Waals surface area contributed by atoms with Crippen LogP contribution in [0.3, 0.4) is 0 Å². The molecule has 1 fully saturated rings. The molecule has 13 heavy (non-hydrogen) atoms. The maximum atomic E-state index is 11.2. The molecule has 1 aliphatic heterocycles. The molecule has 0 spiro atoms. The summed E-state index contributed by atoms with van der Waals surface area (Å²) >= 11 is 0. The molecule has 0 aromatic rings. The number of likely N-dealkylation sites (tertiary alicyclic amines) is 1. The summed E-state index contributed by atoms with van der Waals surface area (Å²) in [5.74, 6) is 0.286. The lowest BCUT2D eigenvalue weighted by Crippen LogP contribution is -2.38. The van der Waals surface area contributed by atoms with Gasteiger partial charge in [0.15, 0.2) is 0 Å². The molecule has 3 nitrogen and oxygen atoms in total. The second-order valence-corrected chi connectivity index (χ2v) is 3.88. The maximum absolute atomic E-state index is 11.2. The minimum atomic E-state index is 0.128. The molecule has 0 saturated carbocycles. The van der Waals surface area contributed by atoms with Gasteiger partial charge in [0.25, 0.3) is 0 Å². The molecular formula is C10H20N2O. The van der Waals surface area contributed by atoms with Gasteiger partial charge in [-0.15, -0.1) is 0 Å². The number of hydrogen-bond acceptors (Lipinski definition) is 2. The van der Waals surface area contributed by atoms with Crippen LogP contribution in [0, 0.1) is 5.92 Å². The Kier molecular flexibility index (Phi) is 4.22. The molecule has 3 heteroatoms. The van der Waals surface area contributed by atoms with Gasteiger partial charge in [0.05, 0.1) is 0 Å². The van der Waals surface area contributed by atoms with Crippen LogP contribution in [-0.2, 0) is 4.79 Å². The molecule has 1 aliphatic rings. The van der Waals surface area contributed by atoms with Crippen LogP contribution in [0.2, 0.25) is 0 Å². The Labute approximate surface area is 80.5 Å². The summed E-state index contributed by atoms with van der Waals surface area (Å²) in [6.07, 6.45) is 3.94. The summed E-state index contributed by atoms with van der Waals surface area (Å²) in [5, 5.41) is 2.69. The van der Waals surface area contributed by atoms with Crippen LogP contribution in [0.4, 0.5) is 0 Å². The quantitative estimate of drug-likeness (QED) is 0.705. The van der Waals surface area contributed by atoms with E-state index in [-0.39, 0.29) is 11.8 Å². The molecule has 0 bridgehead atoms. The largest absolute Gasteiger partial charge is 0.359 e. The molecule has 76 valence electrons. The van der Waals surface area contributed by atoms with Crippen molar-refractivity contribution in [2.24, 2.45) is 5.92 Å². The average molecular weight is 184 g/mol. The molecule has 1 unspecified atom stereocenters. The smallest absolute Gasteiger partial charge is 0.223 e. The SMILES string of the molecule is CNC(=O)C(C)CN1CCCCC1. The number of nitrogens with zero attached hydrogens (tertiary/aromatic N) is 1. The number of carbonyl (C=O) groups is 1. The number of hydrogen-bond donors (Lipinski definition) is 1. The van der Waals surface area contributed by atoms with E-state index in [9.17, 15) is 4.79 Å². The molecule has 1 saturated heterocycles. The van der Waals surface area contributed by atoms with E-state index in [1.165, 1.54) is 32.4 Å². The highest BCUT2D eigenvalue weighted by Gasteiger charge is 2.17. The molecule has 1 amide bonds. The Bertz CT molecular complexity index is 164. The van der Waals surface area contributed by atoms with E-state index >= 15 is 0 Å². The van der Waals surface area contributed by atoms with Gasteiger partial charge in [0.1, 0.15) is 0 Å². The lowest BCUT2D eigenvalue weighted by atomic mass is 10.1. The summed E-state index contributed by atoms with van der Waals surface area (Å²) < 4.78 is 0. The number of nitrogens with one attached hydrogen (secondary N) is 1. The third-order valence-electron chi connectivity index (χ3n) is 2.67. The molecular weight excluding hydrogens is 164 g/mol. The van der Waals surface area contributed by atoms with Gasteiger partial charge in [0, 0.05) is 19.5 Å². The van der Waals surface area contributed by atoms with Crippen molar-refractivity contribution in [2.75, 3.05) is 26.7 Å². The predicted octanol–water partition coefficient (Wildman–Crippen LogP) is 0.854. The first-order valence-electron chi connectivity index (χ1n) is 5.18. The van der Waals surface area contributed by atoms with Gasteiger partial charge >= 0.3 is 0 Å². The average Bonchev–Trinajstić information content (AvgIpc) is 2.18. The van der Waals surface area contributed by atoms with Crippen LogP contribution in [0.15, 0.2) is 0 Å². The van der Waals surface area contributed by atoms with Gasteiger partial charge in [-0.1, -0.05) is 13.3 Å². The molecule has 0 aromatic heterocycles. The van der Waals surface area contributed by atoms with Gasteiger partial charge in [-0.2, -0.15) is 0 Å². The number of amides is 1. The van der Waals surface area contributed by atoms with Crippen molar-refractivity contribution in [3.8, 4) is 0 Å². The first kappa shape index (κ1) is 10.5. The summed E-state index contributed by atoms with van der Waals surface area (Å²) in [7, 11) is 1.70. The van der Waals surface area contributed by atoms with Gasteiger partial charge in [-0.3, -0.25) is 4.79 Å². The molecule has 0 aromatic carbocycles. The summed E-state index contributed by atoms with van der Waals surface area (Å²) in [5.41, 5.74) is 0. The number of carbonyl (C=O) groups excluding carboxylic acids is 1. The first-order chi connectivity index (χ1) is 6.24. The Morgan fingerprint density at radius 3 is 2.54 bits per heavy atom. The predicted molar refractivity (Wildman–Crippen MR) is 53.5 cm³/mol. The van der Waals surface area contributed by atoms with Crippen LogP contribution in [-0.4, -0.2) is 37.5 Å². The zero-order chi connectivity index (χ0) is 9.68. The zero-order valence-electron chi connectivity index (χ0n) is 8.68. The normalized spacial score (nSPS) is 21.1. The molecule has 1 heterocycles. The monoisotopic (exact) mass is 184 g/mol. The number of rotatable bonds is 3. The van der Waals surface area contributed by atoms with Crippen LogP contribution >= 0.6 is 0 Å². The lowest BCUT2D eigenvalue weighted by molar-refractivity contribution is -0.124.